The number of rotatable bonds is 5. The number of aryl methyl sites for hydroxylation is 1. The lowest BCUT2D eigenvalue weighted by molar-refractivity contribution is -0.129. The third-order valence-corrected chi connectivity index (χ3v) is 7.45. The van der Waals surface area contributed by atoms with Crippen molar-refractivity contribution >= 4 is 17.7 Å². The van der Waals surface area contributed by atoms with Crippen LogP contribution in [0.3, 0.4) is 0 Å². The lowest BCUT2D eigenvalue weighted by Gasteiger charge is -2.25. The molecule has 3 heterocycles. The first-order valence-corrected chi connectivity index (χ1v) is 12.5. The summed E-state index contributed by atoms with van der Waals surface area (Å²) in [5.41, 5.74) is 4.68. The number of benzene rings is 2. The predicted molar refractivity (Wildman–Crippen MR) is 129 cm³/mol. The van der Waals surface area contributed by atoms with Gasteiger partial charge in [0.05, 0.1) is 30.7 Å². The molecule has 3 aromatic rings. The standard InChI is InChI=1S/C26H29N3O3S/c1-18-6-3-7-21(19(18)2)29-13-11-27-26(29)33-17-25(30)28-12-4-8-22(28)20-9-10-23-24(16-20)32-15-5-14-31-23/h3,6-7,9-11,13,16,22H,4-5,8,12,14-15,17H2,1-2H3. The maximum atomic E-state index is 13.2. The topological polar surface area (TPSA) is 56.6 Å². The van der Waals surface area contributed by atoms with Gasteiger partial charge in [-0.25, -0.2) is 4.98 Å². The van der Waals surface area contributed by atoms with Gasteiger partial charge in [-0.15, -0.1) is 0 Å². The summed E-state index contributed by atoms with van der Waals surface area (Å²) in [6.07, 6.45) is 6.61. The molecule has 2 aliphatic heterocycles. The Bertz CT molecular complexity index is 1160. The maximum absolute atomic E-state index is 13.2. The summed E-state index contributed by atoms with van der Waals surface area (Å²) in [5.74, 6) is 2.09. The van der Waals surface area contributed by atoms with Crippen LogP contribution in [-0.4, -0.2) is 45.9 Å². The molecule has 1 atom stereocenters. The largest absolute Gasteiger partial charge is 0.490 e. The van der Waals surface area contributed by atoms with E-state index in [4.69, 9.17) is 9.47 Å². The molecular weight excluding hydrogens is 434 g/mol. The average molecular weight is 464 g/mol. The van der Waals surface area contributed by atoms with E-state index in [1.165, 1.54) is 22.9 Å². The van der Waals surface area contributed by atoms with Gasteiger partial charge in [0.1, 0.15) is 0 Å². The van der Waals surface area contributed by atoms with Crippen LogP contribution in [0.1, 0.15) is 42.0 Å². The molecule has 1 amide bonds. The van der Waals surface area contributed by atoms with Crippen LogP contribution in [0.25, 0.3) is 5.69 Å². The third-order valence-electron chi connectivity index (χ3n) is 6.50. The van der Waals surface area contributed by atoms with Crippen LogP contribution in [0, 0.1) is 13.8 Å². The number of ether oxygens (including phenoxy) is 2. The quantitative estimate of drug-likeness (QED) is 0.493. The normalized spacial score (nSPS) is 17.8. The van der Waals surface area contributed by atoms with Gasteiger partial charge in [-0.2, -0.15) is 0 Å². The molecule has 0 aliphatic carbocycles. The van der Waals surface area contributed by atoms with Gasteiger partial charge >= 0.3 is 0 Å². The molecule has 0 spiro atoms. The highest BCUT2D eigenvalue weighted by Gasteiger charge is 2.31. The summed E-state index contributed by atoms with van der Waals surface area (Å²) in [4.78, 5) is 19.8. The van der Waals surface area contributed by atoms with Crippen molar-refractivity contribution in [1.29, 1.82) is 0 Å². The molecule has 7 heteroatoms. The zero-order valence-electron chi connectivity index (χ0n) is 19.1. The van der Waals surface area contributed by atoms with Gasteiger partial charge in [0, 0.05) is 25.4 Å². The number of amides is 1. The van der Waals surface area contributed by atoms with Gasteiger partial charge in [0.15, 0.2) is 16.7 Å². The molecule has 1 aromatic heterocycles. The van der Waals surface area contributed by atoms with Gasteiger partial charge in [-0.05, 0) is 61.6 Å². The number of thioether (sulfide) groups is 1. The first kappa shape index (κ1) is 21.9. The Kier molecular flexibility index (Phi) is 6.31. The molecule has 172 valence electrons. The minimum atomic E-state index is 0.0778. The minimum Gasteiger partial charge on any atom is -0.490 e. The number of nitrogens with zero attached hydrogens (tertiary/aromatic N) is 3. The number of hydrogen-bond acceptors (Lipinski definition) is 5. The molecule has 6 nitrogen and oxygen atoms in total. The van der Waals surface area contributed by atoms with Crippen LogP contribution >= 0.6 is 11.8 Å². The molecule has 1 fully saturated rings. The van der Waals surface area contributed by atoms with Crippen molar-refractivity contribution in [3.63, 3.8) is 0 Å². The van der Waals surface area contributed by atoms with Crippen molar-refractivity contribution in [3.05, 3.63) is 65.5 Å². The second-order valence-corrected chi connectivity index (χ2v) is 9.53. The molecular formula is C26H29N3O3S. The van der Waals surface area contributed by atoms with Crippen LogP contribution in [0.2, 0.25) is 0 Å². The minimum absolute atomic E-state index is 0.0778. The van der Waals surface area contributed by atoms with Gasteiger partial charge < -0.3 is 14.4 Å². The van der Waals surface area contributed by atoms with Crippen LogP contribution in [0.15, 0.2) is 53.9 Å². The summed E-state index contributed by atoms with van der Waals surface area (Å²) < 4.78 is 13.7. The Morgan fingerprint density at radius 1 is 1.12 bits per heavy atom. The molecule has 0 bridgehead atoms. The van der Waals surface area contributed by atoms with E-state index in [-0.39, 0.29) is 11.9 Å². The number of imidazole rings is 1. The van der Waals surface area contributed by atoms with E-state index in [0.29, 0.717) is 19.0 Å². The maximum Gasteiger partial charge on any atom is 0.233 e. The molecule has 5 rings (SSSR count). The van der Waals surface area contributed by atoms with Gasteiger partial charge in [-0.1, -0.05) is 30.0 Å². The first-order chi connectivity index (χ1) is 16.1. The lowest BCUT2D eigenvalue weighted by Crippen LogP contribution is -2.32. The van der Waals surface area contributed by atoms with Crippen molar-refractivity contribution in [2.24, 2.45) is 0 Å². The van der Waals surface area contributed by atoms with Gasteiger partial charge in [0.25, 0.3) is 0 Å². The Hall–Kier alpha value is -2.93. The number of carbonyl (C=O) groups excluding carboxylic acids is 1. The van der Waals surface area contributed by atoms with Crippen molar-refractivity contribution in [2.45, 2.75) is 44.3 Å². The smallest absolute Gasteiger partial charge is 0.233 e. The highest BCUT2D eigenvalue weighted by atomic mass is 32.2. The molecule has 0 saturated carbocycles. The fraction of sp³-hybridized carbons (Fsp3) is 0.385. The van der Waals surface area contributed by atoms with Crippen molar-refractivity contribution in [1.82, 2.24) is 14.5 Å². The summed E-state index contributed by atoms with van der Waals surface area (Å²) in [7, 11) is 0. The van der Waals surface area contributed by atoms with E-state index < -0.39 is 0 Å². The fourth-order valence-corrected chi connectivity index (χ4v) is 5.44. The SMILES string of the molecule is Cc1cccc(-n2ccnc2SCC(=O)N2CCCC2c2ccc3c(c2)OCCCO3)c1C. The van der Waals surface area contributed by atoms with E-state index in [1.54, 1.807) is 6.20 Å². The lowest BCUT2D eigenvalue weighted by atomic mass is 10.0. The van der Waals surface area contributed by atoms with Crippen LogP contribution in [0.4, 0.5) is 0 Å². The zero-order valence-corrected chi connectivity index (χ0v) is 19.9. The van der Waals surface area contributed by atoms with E-state index in [0.717, 1.165) is 53.7 Å². The number of aromatic nitrogens is 2. The predicted octanol–water partition coefficient (Wildman–Crippen LogP) is 5.11. The number of carbonyl (C=O) groups is 1. The van der Waals surface area contributed by atoms with Crippen LogP contribution in [0.5, 0.6) is 11.5 Å². The Morgan fingerprint density at radius 3 is 2.85 bits per heavy atom. The van der Waals surface area contributed by atoms with Crippen molar-refractivity contribution in [2.75, 3.05) is 25.5 Å². The Balaban J connectivity index is 1.30. The highest BCUT2D eigenvalue weighted by molar-refractivity contribution is 7.99. The Labute approximate surface area is 198 Å². The zero-order chi connectivity index (χ0) is 22.8. The number of fused-ring (bicyclic) bond motifs is 1. The summed E-state index contributed by atoms with van der Waals surface area (Å²) >= 11 is 1.50. The van der Waals surface area contributed by atoms with E-state index in [1.807, 2.05) is 17.2 Å². The highest BCUT2D eigenvalue weighted by Crippen LogP contribution is 2.38. The van der Waals surface area contributed by atoms with Gasteiger partial charge in [-0.3, -0.25) is 9.36 Å². The van der Waals surface area contributed by atoms with Crippen LogP contribution in [-0.2, 0) is 4.79 Å². The third kappa shape index (κ3) is 4.47. The molecule has 1 saturated heterocycles. The van der Waals surface area contributed by atoms with E-state index >= 15 is 0 Å². The number of likely N-dealkylation sites (tertiary alicyclic amines) is 1. The molecule has 2 aromatic carbocycles. The summed E-state index contributed by atoms with van der Waals surface area (Å²) in [5, 5.41) is 0.836. The second kappa shape index (κ2) is 9.51. The van der Waals surface area contributed by atoms with Crippen LogP contribution < -0.4 is 9.47 Å². The van der Waals surface area contributed by atoms with Crippen molar-refractivity contribution < 1.29 is 14.3 Å². The van der Waals surface area contributed by atoms with E-state index in [9.17, 15) is 4.79 Å². The average Bonchev–Trinajstić information content (AvgIpc) is 3.44. The molecule has 33 heavy (non-hydrogen) atoms. The van der Waals surface area contributed by atoms with E-state index in [2.05, 4.69) is 53.7 Å². The summed E-state index contributed by atoms with van der Waals surface area (Å²) in [6, 6.07) is 12.4. The molecule has 0 N–H and O–H groups in total. The van der Waals surface area contributed by atoms with Gasteiger partial charge in [0.2, 0.25) is 5.91 Å². The van der Waals surface area contributed by atoms with Crippen molar-refractivity contribution in [3.8, 4) is 17.2 Å². The summed E-state index contributed by atoms with van der Waals surface area (Å²) in [6.45, 7) is 6.35. The molecule has 2 aliphatic rings. The number of hydrogen-bond donors (Lipinski definition) is 0. The fourth-order valence-electron chi connectivity index (χ4n) is 4.58. The molecule has 1 unspecified atom stereocenters. The monoisotopic (exact) mass is 463 g/mol. The second-order valence-electron chi connectivity index (χ2n) is 8.59. The Morgan fingerprint density at radius 2 is 1.97 bits per heavy atom. The molecule has 0 radical (unpaired) electrons. The first-order valence-electron chi connectivity index (χ1n) is 11.5.